The van der Waals surface area contributed by atoms with Crippen LogP contribution in [-0.4, -0.2) is 43.8 Å². The molecule has 0 aromatic heterocycles. The van der Waals surface area contributed by atoms with Gasteiger partial charge in [-0.15, -0.1) is 0 Å². The van der Waals surface area contributed by atoms with Gasteiger partial charge in [-0.25, -0.2) is 8.42 Å². The average molecular weight is 584 g/mol. The summed E-state index contributed by atoms with van der Waals surface area (Å²) in [5, 5.41) is 3.40. The maximum atomic E-state index is 14.0. The number of anilines is 1. The van der Waals surface area contributed by atoms with E-state index in [1.165, 1.54) is 17.0 Å². The molecule has 2 amide bonds. The van der Waals surface area contributed by atoms with Crippen molar-refractivity contribution in [1.82, 2.24) is 10.2 Å². The van der Waals surface area contributed by atoms with Crippen LogP contribution in [0, 0.1) is 6.92 Å². The van der Waals surface area contributed by atoms with Crippen LogP contribution in [0.5, 0.6) is 0 Å². The summed E-state index contributed by atoms with van der Waals surface area (Å²) in [5.41, 5.74) is 3.09. The monoisotopic (exact) mass is 583 g/mol. The molecule has 1 atom stereocenters. The molecule has 3 aromatic rings. The molecule has 0 fully saturated rings. The van der Waals surface area contributed by atoms with E-state index in [1.807, 2.05) is 32.9 Å². The zero-order chi connectivity index (χ0) is 29.6. The summed E-state index contributed by atoms with van der Waals surface area (Å²) in [6.45, 7) is 10.9. The highest BCUT2D eigenvalue weighted by atomic mass is 35.5. The SMILES string of the molecule is Cc1ccc(S(=O)(=O)N(CC(=O)N(Cc2ccc(Cl)cc2)[C@@H](C)C(=O)NC(C)C)c2ccc(C(C)C)cc2)cc1. The molecule has 0 unspecified atom stereocenters. The van der Waals surface area contributed by atoms with Crippen molar-refractivity contribution in [3.8, 4) is 0 Å². The van der Waals surface area contributed by atoms with Crippen molar-refractivity contribution >= 4 is 39.1 Å². The molecule has 40 heavy (non-hydrogen) atoms. The van der Waals surface area contributed by atoms with Crippen molar-refractivity contribution in [2.75, 3.05) is 10.8 Å². The van der Waals surface area contributed by atoms with Gasteiger partial charge in [0, 0.05) is 17.6 Å². The molecule has 3 rings (SSSR count). The molecule has 0 bridgehead atoms. The fourth-order valence-corrected chi connectivity index (χ4v) is 5.71. The Morgan fingerprint density at radius 3 is 1.95 bits per heavy atom. The Morgan fingerprint density at radius 2 is 1.43 bits per heavy atom. The van der Waals surface area contributed by atoms with Crippen LogP contribution in [0.3, 0.4) is 0 Å². The molecule has 9 heteroatoms. The van der Waals surface area contributed by atoms with Crippen LogP contribution >= 0.6 is 11.6 Å². The van der Waals surface area contributed by atoms with Gasteiger partial charge in [0.25, 0.3) is 10.0 Å². The van der Waals surface area contributed by atoms with E-state index >= 15 is 0 Å². The normalized spacial score (nSPS) is 12.3. The molecule has 0 radical (unpaired) electrons. The van der Waals surface area contributed by atoms with Crippen LogP contribution in [0.2, 0.25) is 5.02 Å². The topological polar surface area (TPSA) is 86.8 Å². The van der Waals surface area contributed by atoms with Crippen LogP contribution in [0.15, 0.2) is 77.7 Å². The van der Waals surface area contributed by atoms with Gasteiger partial charge in [0.15, 0.2) is 0 Å². The van der Waals surface area contributed by atoms with E-state index in [4.69, 9.17) is 11.6 Å². The first-order chi connectivity index (χ1) is 18.8. The highest BCUT2D eigenvalue weighted by Crippen LogP contribution is 2.27. The summed E-state index contributed by atoms with van der Waals surface area (Å²) in [6.07, 6.45) is 0. The Kier molecular flexibility index (Phi) is 10.4. The van der Waals surface area contributed by atoms with E-state index in [1.54, 1.807) is 55.5 Å². The van der Waals surface area contributed by atoms with Crippen molar-refractivity contribution in [3.05, 3.63) is 94.5 Å². The predicted molar refractivity (Wildman–Crippen MR) is 161 cm³/mol. The Bertz CT molecular complexity index is 1400. The molecule has 0 aliphatic rings. The van der Waals surface area contributed by atoms with Crippen molar-refractivity contribution in [2.45, 2.75) is 71.0 Å². The highest BCUT2D eigenvalue weighted by molar-refractivity contribution is 7.92. The van der Waals surface area contributed by atoms with Crippen molar-refractivity contribution in [1.29, 1.82) is 0 Å². The lowest BCUT2D eigenvalue weighted by Crippen LogP contribution is -2.52. The number of rotatable bonds is 11. The number of hydrogen-bond donors (Lipinski definition) is 1. The Labute approximate surface area is 243 Å². The fraction of sp³-hybridized carbons (Fsp3) is 0.355. The quantitative estimate of drug-likeness (QED) is 0.304. The second-order valence-electron chi connectivity index (χ2n) is 10.6. The van der Waals surface area contributed by atoms with Crippen LogP contribution in [-0.2, 0) is 26.2 Å². The molecule has 7 nitrogen and oxygen atoms in total. The number of amides is 2. The molecular weight excluding hydrogens is 546 g/mol. The summed E-state index contributed by atoms with van der Waals surface area (Å²) >= 11 is 6.05. The Hall–Kier alpha value is -3.36. The van der Waals surface area contributed by atoms with E-state index in [2.05, 4.69) is 19.2 Å². The minimum atomic E-state index is -4.11. The number of carbonyl (C=O) groups is 2. The van der Waals surface area contributed by atoms with Crippen LogP contribution < -0.4 is 9.62 Å². The number of hydrogen-bond acceptors (Lipinski definition) is 4. The third-order valence-corrected chi connectivity index (χ3v) is 8.64. The zero-order valence-corrected chi connectivity index (χ0v) is 25.5. The third kappa shape index (κ3) is 7.86. The maximum Gasteiger partial charge on any atom is 0.264 e. The second kappa shape index (κ2) is 13.3. The summed E-state index contributed by atoms with van der Waals surface area (Å²) in [6, 6.07) is 19.7. The van der Waals surface area contributed by atoms with Crippen molar-refractivity contribution in [3.63, 3.8) is 0 Å². The molecule has 1 N–H and O–H groups in total. The number of carbonyl (C=O) groups excluding carboxylic acids is 2. The van der Waals surface area contributed by atoms with Crippen LogP contribution in [0.25, 0.3) is 0 Å². The van der Waals surface area contributed by atoms with Gasteiger partial charge in [0.05, 0.1) is 10.6 Å². The van der Waals surface area contributed by atoms with Gasteiger partial charge in [0.1, 0.15) is 12.6 Å². The van der Waals surface area contributed by atoms with Gasteiger partial charge in [-0.2, -0.15) is 0 Å². The van der Waals surface area contributed by atoms with Crippen LogP contribution in [0.4, 0.5) is 5.69 Å². The van der Waals surface area contributed by atoms with E-state index in [0.717, 1.165) is 21.0 Å². The van der Waals surface area contributed by atoms with E-state index in [0.29, 0.717) is 10.7 Å². The lowest BCUT2D eigenvalue weighted by Gasteiger charge is -2.32. The van der Waals surface area contributed by atoms with Crippen molar-refractivity contribution in [2.24, 2.45) is 0 Å². The average Bonchev–Trinajstić information content (AvgIpc) is 2.90. The van der Waals surface area contributed by atoms with E-state index < -0.39 is 28.5 Å². The van der Waals surface area contributed by atoms with E-state index in [9.17, 15) is 18.0 Å². The smallest absolute Gasteiger partial charge is 0.264 e. The zero-order valence-electron chi connectivity index (χ0n) is 23.9. The molecule has 0 aliphatic carbocycles. The summed E-state index contributed by atoms with van der Waals surface area (Å²) < 4.78 is 29.0. The Balaban J connectivity index is 2.04. The number of nitrogens with one attached hydrogen (secondary N) is 1. The molecule has 0 aliphatic heterocycles. The highest BCUT2D eigenvalue weighted by Gasteiger charge is 2.32. The molecule has 0 spiro atoms. The standard InChI is InChI=1S/C31H38ClN3O4S/c1-21(2)26-11-15-28(16-12-26)35(40(38,39)29-17-7-23(5)8-18-29)20-30(36)34(24(6)31(37)33-22(3)4)19-25-9-13-27(32)14-10-25/h7-18,21-22,24H,19-20H2,1-6H3,(H,33,37)/t24-/m0/s1. The first-order valence-corrected chi connectivity index (χ1v) is 15.1. The summed E-state index contributed by atoms with van der Waals surface area (Å²) in [5.74, 6) is -0.579. The second-order valence-corrected chi connectivity index (χ2v) is 12.9. The Morgan fingerprint density at radius 1 is 0.850 bits per heavy atom. The lowest BCUT2D eigenvalue weighted by molar-refractivity contribution is -0.139. The van der Waals surface area contributed by atoms with Gasteiger partial charge < -0.3 is 10.2 Å². The van der Waals surface area contributed by atoms with Gasteiger partial charge >= 0.3 is 0 Å². The number of halogens is 1. The third-order valence-electron chi connectivity index (χ3n) is 6.60. The van der Waals surface area contributed by atoms with E-state index in [-0.39, 0.29) is 29.3 Å². The predicted octanol–water partition coefficient (Wildman–Crippen LogP) is 5.91. The number of nitrogens with zero attached hydrogens (tertiary/aromatic N) is 2. The maximum absolute atomic E-state index is 14.0. The van der Waals surface area contributed by atoms with Gasteiger partial charge in [-0.3, -0.25) is 13.9 Å². The van der Waals surface area contributed by atoms with Crippen LogP contribution in [0.1, 0.15) is 57.2 Å². The minimum Gasteiger partial charge on any atom is -0.352 e. The largest absolute Gasteiger partial charge is 0.352 e. The molecule has 0 saturated carbocycles. The fourth-order valence-electron chi connectivity index (χ4n) is 4.17. The first-order valence-electron chi connectivity index (χ1n) is 13.3. The van der Waals surface area contributed by atoms with Crippen molar-refractivity contribution < 1.29 is 18.0 Å². The number of benzene rings is 3. The van der Waals surface area contributed by atoms with Gasteiger partial charge in [0.2, 0.25) is 11.8 Å². The number of aryl methyl sites for hydroxylation is 1. The van der Waals surface area contributed by atoms with Gasteiger partial charge in [-0.05, 0) is 81.1 Å². The minimum absolute atomic E-state index is 0.0775. The number of sulfonamides is 1. The lowest BCUT2D eigenvalue weighted by atomic mass is 10.0. The summed E-state index contributed by atoms with van der Waals surface area (Å²) in [7, 11) is -4.11. The molecule has 214 valence electrons. The molecular formula is C31H38ClN3O4S. The molecule has 3 aromatic carbocycles. The first kappa shape index (κ1) is 31.2. The summed E-state index contributed by atoms with van der Waals surface area (Å²) in [4.78, 5) is 28.4. The van der Waals surface area contributed by atoms with Gasteiger partial charge in [-0.1, -0.05) is 67.4 Å². The molecule has 0 heterocycles. The molecule has 0 saturated heterocycles.